The first-order valence-electron chi connectivity index (χ1n) is 6.47. The number of urea groups is 1. The number of nitrogens with one attached hydrogen (secondary N) is 1. The fourth-order valence-electron chi connectivity index (χ4n) is 1.68. The Hall–Kier alpha value is -2.08. The van der Waals surface area contributed by atoms with Crippen molar-refractivity contribution in [2.75, 3.05) is 19.7 Å². The molecule has 0 fully saturated rings. The summed E-state index contributed by atoms with van der Waals surface area (Å²) in [6.07, 6.45) is 0.649. The number of benzene rings is 1. The van der Waals surface area contributed by atoms with Gasteiger partial charge in [0.05, 0.1) is 6.61 Å². The van der Waals surface area contributed by atoms with Crippen LogP contribution in [-0.2, 0) is 11.2 Å². The van der Waals surface area contributed by atoms with Crippen LogP contribution in [0, 0.1) is 0 Å². The van der Waals surface area contributed by atoms with Gasteiger partial charge in [0.15, 0.2) is 0 Å². The monoisotopic (exact) mass is 280 g/mol. The highest BCUT2D eigenvalue weighted by atomic mass is 16.4. The molecule has 0 bridgehead atoms. The van der Waals surface area contributed by atoms with E-state index in [-0.39, 0.29) is 13.2 Å². The second kappa shape index (κ2) is 8.16. The van der Waals surface area contributed by atoms with Gasteiger partial charge in [-0.3, -0.25) is 4.79 Å². The molecule has 0 aliphatic heterocycles. The van der Waals surface area contributed by atoms with Gasteiger partial charge >= 0.3 is 12.0 Å². The zero-order chi connectivity index (χ0) is 15.0. The zero-order valence-corrected chi connectivity index (χ0v) is 11.5. The first-order valence-corrected chi connectivity index (χ1v) is 6.47. The number of carbonyl (C=O) groups excluding carboxylic acids is 1. The van der Waals surface area contributed by atoms with Crippen molar-refractivity contribution >= 4 is 12.0 Å². The fraction of sp³-hybridized carbons (Fsp3) is 0.429. The Balaban J connectivity index is 2.55. The molecule has 0 saturated heterocycles. The summed E-state index contributed by atoms with van der Waals surface area (Å²) in [5.41, 5.74) is 1.08. The third-order valence-corrected chi connectivity index (χ3v) is 2.88. The van der Waals surface area contributed by atoms with Crippen molar-refractivity contribution in [3.8, 4) is 0 Å². The summed E-state index contributed by atoms with van der Waals surface area (Å²) < 4.78 is 0. The number of aliphatic hydroxyl groups excluding tert-OH is 1. The van der Waals surface area contributed by atoms with E-state index >= 15 is 0 Å². The van der Waals surface area contributed by atoms with E-state index in [1.807, 2.05) is 30.3 Å². The van der Waals surface area contributed by atoms with E-state index in [1.165, 1.54) is 11.8 Å². The Bertz CT molecular complexity index is 436. The van der Waals surface area contributed by atoms with E-state index in [1.54, 1.807) is 0 Å². The van der Waals surface area contributed by atoms with Crippen molar-refractivity contribution in [1.82, 2.24) is 10.2 Å². The molecule has 0 aromatic heterocycles. The number of aliphatic carboxylic acids is 1. The minimum atomic E-state index is -1.09. The van der Waals surface area contributed by atoms with Crippen LogP contribution in [0.25, 0.3) is 0 Å². The van der Waals surface area contributed by atoms with E-state index in [9.17, 15) is 9.59 Å². The summed E-state index contributed by atoms with van der Waals surface area (Å²) in [7, 11) is 0. The Morgan fingerprint density at radius 3 is 2.45 bits per heavy atom. The number of carboxylic acids is 1. The number of hydrogen-bond acceptors (Lipinski definition) is 3. The number of nitrogens with zero attached hydrogens (tertiary/aromatic N) is 1. The Morgan fingerprint density at radius 1 is 1.25 bits per heavy atom. The van der Waals surface area contributed by atoms with Crippen LogP contribution in [0.2, 0.25) is 0 Å². The molecule has 0 aliphatic rings. The number of amides is 2. The van der Waals surface area contributed by atoms with Crippen LogP contribution in [0.3, 0.4) is 0 Å². The average Bonchev–Trinajstić information content (AvgIpc) is 2.44. The Morgan fingerprint density at radius 2 is 1.90 bits per heavy atom. The topological polar surface area (TPSA) is 89.9 Å². The molecule has 6 heteroatoms. The molecule has 3 N–H and O–H groups in total. The van der Waals surface area contributed by atoms with Crippen molar-refractivity contribution in [3.63, 3.8) is 0 Å². The van der Waals surface area contributed by atoms with Gasteiger partial charge in [0.2, 0.25) is 0 Å². The highest BCUT2D eigenvalue weighted by Gasteiger charge is 2.18. The maximum Gasteiger partial charge on any atom is 0.325 e. The molecule has 0 spiro atoms. The van der Waals surface area contributed by atoms with Crippen molar-refractivity contribution < 1.29 is 19.8 Å². The molecule has 0 radical (unpaired) electrons. The first kappa shape index (κ1) is 16.0. The summed E-state index contributed by atoms with van der Waals surface area (Å²) in [4.78, 5) is 24.0. The van der Waals surface area contributed by atoms with Gasteiger partial charge in [-0.25, -0.2) is 4.79 Å². The third-order valence-electron chi connectivity index (χ3n) is 2.88. The number of hydrogen-bond donors (Lipinski definition) is 3. The highest BCUT2D eigenvalue weighted by molar-refractivity contribution is 5.82. The van der Waals surface area contributed by atoms with E-state index in [2.05, 4.69) is 5.32 Å². The molecule has 20 heavy (non-hydrogen) atoms. The molecule has 2 amide bonds. The van der Waals surface area contributed by atoms with Crippen LogP contribution in [0.1, 0.15) is 12.5 Å². The number of carboxylic acid groups (broad SMARTS) is 1. The van der Waals surface area contributed by atoms with Gasteiger partial charge in [-0.15, -0.1) is 0 Å². The largest absolute Gasteiger partial charge is 0.480 e. The van der Waals surface area contributed by atoms with E-state index in [0.29, 0.717) is 13.0 Å². The first-order chi connectivity index (χ1) is 9.54. The smallest absolute Gasteiger partial charge is 0.325 e. The lowest BCUT2D eigenvalue weighted by atomic mass is 10.1. The zero-order valence-electron chi connectivity index (χ0n) is 11.5. The molecule has 1 aromatic rings. The molecule has 0 saturated carbocycles. The van der Waals surface area contributed by atoms with E-state index in [0.717, 1.165) is 5.56 Å². The molecular weight excluding hydrogens is 260 g/mol. The molecule has 110 valence electrons. The van der Waals surface area contributed by atoms with Crippen molar-refractivity contribution in [2.45, 2.75) is 19.4 Å². The average molecular weight is 280 g/mol. The standard InChI is InChI=1S/C14H20N2O4/c1-11(13(18)19)15-14(20)16(9-10-17)8-7-12-5-3-2-4-6-12/h2-6,11,17H,7-10H2,1H3,(H,15,20)(H,18,19)/t11-/m0/s1. The van der Waals surface area contributed by atoms with Gasteiger partial charge in [0.1, 0.15) is 6.04 Å². The molecule has 0 heterocycles. The van der Waals surface area contributed by atoms with E-state index < -0.39 is 18.0 Å². The molecule has 6 nitrogen and oxygen atoms in total. The number of rotatable bonds is 7. The third kappa shape index (κ3) is 5.27. The predicted octanol–water partition coefficient (Wildman–Crippen LogP) is 0.706. The Kier molecular flexibility index (Phi) is 6.52. The van der Waals surface area contributed by atoms with Gasteiger partial charge in [0.25, 0.3) is 0 Å². The van der Waals surface area contributed by atoms with Crippen LogP contribution in [0.5, 0.6) is 0 Å². The minimum absolute atomic E-state index is 0.163. The van der Waals surface area contributed by atoms with Crippen LogP contribution in [-0.4, -0.2) is 52.9 Å². The summed E-state index contributed by atoms with van der Waals surface area (Å²) in [6.45, 7) is 1.83. The molecular formula is C14H20N2O4. The van der Waals surface area contributed by atoms with E-state index in [4.69, 9.17) is 10.2 Å². The second-order valence-electron chi connectivity index (χ2n) is 4.46. The highest BCUT2D eigenvalue weighted by Crippen LogP contribution is 2.02. The van der Waals surface area contributed by atoms with Gasteiger partial charge in [-0.1, -0.05) is 30.3 Å². The normalized spacial score (nSPS) is 11.7. The van der Waals surface area contributed by atoms with Gasteiger partial charge in [0, 0.05) is 13.1 Å². The maximum atomic E-state index is 11.9. The number of carbonyl (C=O) groups is 2. The van der Waals surface area contributed by atoms with Crippen LogP contribution < -0.4 is 5.32 Å². The minimum Gasteiger partial charge on any atom is -0.480 e. The Labute approximate surface area is 118 Å². The number of aliphatic hydroxyl groups is 1. The summed E-state index contributed by atoms with van der Waals surface area (Å²) >= 11 is 0. The molecule has 0 aliphatic carbocycles. The van der Waals surface area contributed by atoms with Crippen molar-refractivity contribution in [2.24, 2.45) is 0 Å². The van der Waals surface area contributed by atoms with Crippen LogP contribution in [0.15, 0.2) is 30.3 Å². The lowest BCUT2D eigenvalue weighted by molar-refractivity contribution is -0.138. The summed E-state index contributed by atoms with van der Waals surface area (Å²) in [5, 5.41) is 20.1. The summed E-state index contributed by atoms with van der Waals surface area (Å²) in [5.74, 6) is -1.09. The van der Waals surface area contributed by atoms with Gasteiger partial charge < -0.3 is 20.4 Å². The van der Waals surface area contributed by atoms with Crippen molar-refractivity contribution in [3.05, 3.63) is 35.9 Å². The summed E-state index contributed by atoms with van der Waals surface area (Å²) in [6, 6.07) is 8.21. The van der Waals surface area contributed by atoms with Crippen molar-refractivity contribution in [1.29, 1.82) is 0 Å². The lowest BCUT2D eigenvalue weighted by Crippen LogP contribution is -2.48. The van der Waals surface area contributed by atoms with Gasteiger partial charge in [-0.05, 0) is 18.9 Å². The lowest BCUT2D eigenvalue weighted by Gasteiger charge is -2.23. The quantitative estimate of drug-likeness (QED) is 0.686. The fourth-order valence-corrected chi connectivity index (χ4v) is 1.68. The van der Waals surface area contributed by atoms with Gasteiger partial charge in [-0.2, -0.15) is 0 Å². The second-order valence-corrected chi connectivity index (χ2v) is 4.46. The maximum absolute atomic E-state index is 11.9. The van der Waals surface area contributed by atoms with Crippen LogP contribution in [0.4, 0.5) is 4.79 Å². The molecule has 1 aromatic carbocycles. The molecule has 1 rings (SSSR count). The molecule has 1 atom stereocenters. The molecule has 0 unspecified atom stereocenters. The predicted molar refractivity (Wildman–Crippen MR) is 74.4 cm³/mol. The van der Waals surface area contributed by atoms with Crippen LogP contribution >= 0.6 is 0 Å². The SMILES string of the molecule is C[C@H](NC(=O)N(CCO)CCc1ccccc1)C(=O)O.